The summed E-state index contributed by atoms with van der Waals surface area (Å²) in [4.78, 5) is 0. The van der Waals surface area contributed by atoms with Crippen LogP contribution in [0.4, 0.5) is 0 Å². The van der Waals surface area contributed by atoms with Crippen molar-refractivity contribution >= 4 is 5.71 Å². The van der Waals surface area contributed by atoms with Gasteiger partial charge in [-0.25, -0.2) is 0 Å². The molecule has 0 amide bonds. The predicted octanol–water partition coefficient (Wildman–Crippen LogP) is 1.69. The Morgan fingerprint density at radius 1 is 1.20 bits per heavy atom. The van der Waals surface area contributed by atoms with E-state index in [1.165, 1.54) is 0 Å². The number of piperidine rings is 1. The summed E-state index contributed by atoms with van der Waals surface area (Å²) in [6.07, 6.45) is 0.00560. The van der Waals surface area contributed by atoms with Crippen LogP contribution in [0.1, 0.15) is 45.8 Å². The van der Waals surface area contributed by atoms with E-state index in [-0.39, 0.29) is 17.0 Å². The Labute approximate surface area is 120 Å². The lowest BCUT2D eigenvalue weighted by Gasteiger charge is -2.46. The zero-order valence-corrected chi connectivity index (χ0v) is 12.7. The molecule has 0 aliphatic carbocycles. The minimum atomic E-state index is -0.663. The number of hydrogen-bond acceptors (Lipinski definition) is 3. The maximum atomic E-state index is 10.7. The Morgan fingerprint density at radius 3 is 2.35 bits per heavy atom. The molecule has 2 rings (SSSR count). The lowest BCUT2D eigenvalue weighted by Crippen LogP contribution is -3.07. The van der Waals surface area contributed by atoms with Crippen molar-refractivity contribution < 1.29 is 15.6 Å². The number of nitrogens with two attached hydrogens (primary N) is 1. The van der Waals surface area contributed by atoms with Crippen LogP contribution in [0.25, 0.3) is 0 Å². The van der Waals surface area contributed by atoms with Gasteiger partial charge >= 0.3 is 0 Å². The normalized spacial score (nSPS) is 28.2. The summed E-state index contributed by atoms with van der Waals surface area (Å²) < 4.78 is 0. The van der Waals surface area contributed by atoms with Crippen LogP contribution in [0.15, 0.2) is 35.5 Å². The molecule has 1 saturated heterocycles. The van der Waals surface area contributed by atoms with Crippen molar-refractivity contribution in [2.75, 3.05) is 0 Å². The Bertz CT molecular complexity index is 494. The number of oxime groups is 1. The fourth-order valence-electron chi connectivity index (χ4n) is 3.68. The zero-order chi connectivity index (χ0) is 15.0. The van der Waals surface area contributed by atoms with E-state index in [0.29, 0.717) is 12.1 Å². The van der Waals surface area contributed by atoms with Gasteiger partial charge in [0.2, 0.25) is 0 Å². The van der Waals surface area contributed by atoms with E-state index in [0.717, 1.165) is 5.56 Å². The summed E-state index contributed by atoms with van der Waals surface area (Å²) in [5.41, 5.74) is 1.27. The van der Waals surface area contributed by atoms with E-state index in [9.17, 15) is 10.3 Å². The predicted molar refractivity (Wildman–Crippen MR) is 78.8 cm³/mol. The van der Waals surface area contributed by atoms with Crippen LogP contribution < -0.4 is 5.32 Å². The second-order valence-electron chi connectivity index (χ2n) is 7.06. The van der Waals surface area contributed by atoms with Gasteiger partial charge in [-0.3, -0.25) is 0 Å². The van der Waals surface area contributed by atoms with E-state index < -0.39 is 6.10 Å². The molecule has 1 aliphatic rings. The maximum absolute atomic E-state index is 10.7. The van der Waals surface area contributed by atoms with E-state index in [1.807, 2.05) is 30.3 Å². The molecule has 1 aliphatic heterocycles. The lowest BCUT2D eigenvalue weighted by atomic mass is 9.69. The largest absolute Gasteiger partial charge is 0.411 e. The van der Waals surface area contributed by atoms with E-state index >= 15 is 0 Å². The molecular weight excluding hydrogens is 252 g/mol. The molecule has 4 nitrogen and oxygen atoms in total. The first-order valence-corrected chi connectivity index (χ1v) is 7.08. The highest BCUT2D eigenvalue weighted by Crippen LogP contribution is 2.35. The van der Waals surface area contributed by atoms with Crippen LogP contribution in [0, 0.1) is 5.92 Å². The monoisotopic (exact) mass is 277 g/mol. The highest BCUT2D eigenvalue weighted by molar-refractivity contribution is 5.89. The van der Waals surface area contributed by atoms with Crippen LogP contribution in [-0.2, 0) is 0 Å². The number of rotatable bonds is 2. The van der Waals surface area contributed by atoms with Crippen molar-refractivity contribution in [1.29, 1.82) is 0 Å². The molecule has 1 aromatic rings. The topological polar surface area (TPSA) is 69.4 Å². The molecule has 1 heterocycles. The fraction of sp³-hybridized carbons (Fsp3) is 0.562. The quantitative estimate of drug-likeness (QED) is 0.569. The fourth-order valence-corrected chi connectivity index (χ4v) is 3.68. The Hall–Kier alpha value is -1.39. The molecule has 20 heavy (non-hydrogen) atoms. The van der Waals surface area contributed by atoms with Crippen molar-refractivity contribution in [3.05, 3.63) is 35.9 Å². The van der Waals surface area contributed by atoms with Gasteiger partial charge in [0.15, 0.2) is 0 Å². The highest BCUT2D eigenvalue weighted by atomic mass is 16.4. The molecule has 0 bridgehead atoms. The minimum absolute atomic E-state index is 0.0298. The molecule has 1 aromatic carbocycles. The van der Waals surface area contributed by atoms with Crippen LogP contribution in [0.5, 0.6) is 0 Å². The summed E-state index contributed by atoms with van der Waals surface area (Å²) in [5.74, 6) is -0.206. The van der Waals surface area contributed by atoms with Crippen LogP contribution in [0.3, 0.4) is 0 Å². The second kappa shape index (κ2) is 5.19. The van der Waals surface area contributed by atoms with Crippen molar-refractivity contribution in [1.82, 2.24) is 0 Å². The van der Waals surface area contributed by atoms with Crippen molar-refractivity contribution in [3.8, 4) is 0 Å². The SMILES string of the molecule is CC1(C)C/C(=N/O)[C@H]([C@H](O)c2ccccc2)C(C)(C)[NH2+]1. The molecular formula is C16H25N2O2+. The van der Waals surface area contributed by atoms with Gasteiger partial charge in [0.1, 0.15) is 5.54 Å². The van der Waals surface area contributed by atoms with Crippen molar-refractivity contribution in [2.24, 2.45) is 11.1 Å². The molecule has 2 atom stereocenters. The van der Waals surface area contributed by atoms with E-state index in [4.69, 9.17) is 0 Å². The zero-order valence-electron chi connectivity index (χ0n) is 12.7. The van der Waals surface area contributed by atoms with Gasteiger partial charge in [0, 0.05) is 6.42 Å². The molecule has 0 aromatic heterocycles. The van der Waals surface area contributed by atoms with Crippen LogP contribution >= 0.6 is 0 Å². The van der Waals surface area contributed by atoms with E-state index in [1.54, 1.807) is 0 Å². The van der Waals surface area contributed by atoms with Gasteiger partial charge in [-0.2, -0.15) is 0 Å². The van der Waals surface area contributed by atoms with Gasteiger partial charge in [-0.1, -0.05) is 35.5 Å². The van der Waals surface area contributed by atoms with Gasteiger partial charge < -0.3 is 15.6 Å². The van der Waals surface area contributed by atoms with Crippen molar-refractivity contribution in [3.63, 3.8) is 0 Å². The first-order chi connectivity index (χ1) is 9.27. The number of hydrogen-bond donors (Lipinski definition) is 3. The molecule has 110 valence electrons. The molecule has 0 spiro atoms. The molecule has 0 radical (unpaired) electrons. The van der Waals surface area contributed by atoms with Gasteiger partial charge in [-0.15, -0.1) is 0 Å². The second-order valence-corrected chi connectivity index (χ2v) is 7.06. The number of nitrogens with zero attached hydrogens (tertiary/aromatic N) is 1. The summed E-state index contributed by atoms with van der Waals surface area (Å²) in [7, 11) is 0. The standard InChI is InChI=1S/C16H24N2O2/c1-15(2)10-12(17-20)13(16(3,4)18-15)14(19)11-8-6-5-7-9-11/h5-9,13-14,18-20H,10H2,1-4H3/p+1/b17-12-/t13-,14-/m1/s1. The molecule has 1 fully saturated rings. The summed E-state index contributed by atoms with van der Waals surface area (Å²) in [6.45, 7) is 8.45. The average Bonchev–Trinajstić information content (AvgIpc) is 2.36. The minimum Gasteiger partial charge on any atom is -0.411 e. The third-order valence-corrected chi connectivity index (χ3v) is 4.15. The van der Waals surface area contributed by atoms with Crippen molar-refractivity contribution in [2.45, 2.75) is 51.3 Å². The lowest BCUT2D eigenvalue weighted by molar-refractivity contribution is -0.787. The molecule has 0 saturated carbocycles. The number of benzene rings is 1. The Balaban J connectivity index is 2.38. The maximum Gasteiger partial charge on any atom is 0.102 e. The summed E-state index contributed by atoms with van der Waals surface area (Å²) in [6, 6.07) is 9.58. The first kappa shape index (κ1) is 15.0. The molecule has 4 heteroatoms. The highest BCUT2D eigenvalue weighted by Gasteiger charge is 2.51. The number of aliphatic hydroxyl groups excluding tert-OH is 1. The average molecular weight is 277 g/mol. The molecule has 4 N–H and O–H groups in total. The third kappa shape index (κ3) is 2.86. The van der Waals surface area contributed by atoms with Gasteiger partial charge in [0.05, 0.1) is 23.3 Å². The van der Waals surface area contributed by atoms with Gasteiger partial charge in [0.25, 0.3) is 0 Å². The van der Waals surface area contributed by atoms with Crippen LogP contribution in [0.2, 0.25) is 0 Å². The first-order valence-electron chi connectivity index (χ1n) is 7.08. The summed E-state index contributed by atoms with van der Waals surface area (Å²) >= 11 is 0. The van der Waals surface area contributed by atoms with E-state index in [2.05, 4.69) is 38.2 Å². The Kier molecular flexibility index (Phi) is 3.89. The number of aliphatic hydroxyl groups is 1. The van der Waals surface area contributed by atoms with Crippen LogP contribution in [-0.4, -0.2) is 27.1 Å². The molecule has 0 unspecified atom stereocenters. The third-order valence-electron chi connectivity index (χ3n) is 4.15. The Morgan fingerprint density at radius 2 is 1.80 bits per heavy atom. The smallest absolute Gasteiger partial charge is 0.102 e. The number of quaternary nitrogens is 1. The van der Waals surface area contributed by atoms with Gasteiger partial charge in [-0.05, 0) is 33.3 Å². The summed E-state index contributed by atoms with van der Waals surface area (Å²) in [5, 5.41) is 25.9.